The molecule has 0 aliphatic heterocycles. The Kier molecular flexibility index (Phi) is 5.36. The quantitative estimate of drug-likeness (QED) is 0.364. The molecule has 3 aromatic carbocycles. The van der Waals surface area contributed by atoms with Crippen molar-refractivity contribution in [2.75, 3.05) is 0 Å². The molecule has 5 rings (SSSR count). The van der Waals surface area contributed by atoms with Crippen LogP contribution < -0.4 is 0 Å². The number of phenolic OH excluding ortho intramolecular Hbond substituents is 2. The number of aryl methyl sites for hydroxylation is 1. The molecule has 1 atom stereocenters. The minimum atomic E-state index is -0.474. The van der Waals surface area contributed by atoms with Gasteiger partial charge in [-0.15, -0.1) is 0 Å². The smallest absolute Gasteiger partial charge is 0.127 e. The standard InChI is InChI=1S/C32H34O3/c1-17-7-9-20(10-8-17)18(2)21-11-13-22(14-12-21)25-27-24(28(31(25)35)32(4,5)6)19(3)29(33)26(30(27)34)23-15-16-23/h7-14,23,25,33-35H,2,15-16H2,1,3-6H3. The minimum Gasteiger partial charge on any atom is -0.511 e. The Balaban J connectivity index is 1.63. The van der Waals surface area contributed by atoms with Crippen LogP contribution in [0.3, 0.4) is 0 Å². The molecule has 0 spiro atoms. The van der Waals surface area contributed by atoms with Crippen LogP contribution in [-0.4, -0.2) is 15.3 Å². The predicted octanol–water partition coefficient (Wildman–Crippen LogP) is 8.11. The SMILES string of the molecule is C=C(c1ccc(C)cc1)c1ccc(C2C(O)=C(C(C)(C)C)c3c(C)c(O)c(C4CC4)c(O)c32)cc1. The van der Waals surface area contributed by atoms with Gasteiger partial charge in [0.15, 0.2) is 0 Å². The predicted molar refractivity (Wildman–Crippen MR) is 143 cm³/mol. The lowest BCUT2D eigenvalue weighted by Gasteiger charge is -2.24. The van der Waals surface area contributed by atoms with Gasteiger partial charge in [0, 0.05) is 16.7 Å². The molecule has 0 aromatic heterocycles. The number of benzene rings is 3. The lowest BCUT2D eigenvalue weighted by molar-refractivity contribution is 0.374. The summed E-state index contributed by atoms with van der Waals surface area (Å²) in [7, 11) is 0. The summed E-state index contributed by atoms with van der Waals surface area (Å²) in [6.07, 6.45) is 1.93. The van der Waals surface area contributed by atoms with Crippen molar-refractivity contribution in [1.82, 2.24) is 0 Å². The van der Waals surface area contributed by atoms with Crippen molar-refractivity contribution < 1.29 is 15.3 Å². The zero-order chi connectivity index (χ0) is 25.2. The van der Waals surface area contributed by atoms with E-state index in [1.807, 2.05) is 31.2 Å². The Labute approximate surface area is 208 Å². The van der Waals surface area contributed by atoms with Gasteiger partial charge in [-0.25, -0.2) is 0 Å². The molecule has 3 aromatic rings. The first kappa shape index (κ1) is 23.3. The van der Waals surface area contributed by atoms with Crippen molar-refractivity contribution >= 4 is 11.1 Å². The van der Waals surface area contributed by atoms with Crippen molar-refractivity contribution in [2.24, 2.45) is 5.41 Å². The summed E-state index contributed by atoms with van der Waals surface area (Å²) in [4.78, 5) is 0. The number of rotatable bonds is 4. The lowest BCUT2D eigenvalue weighted by atomic mass is 9.80. The molecule has 3 N–H and O–H groups in total. The first-order valence-electron chi connectivity index (χ1n) is 12.4. The van der Waals surface area contributed by atoms with Gasteiger partial charge in [0.25, 0.3) is 0 Å². The maximum absolute atomic E-state index is 11.6. The van der Waals surface area contributed by atoms with Crippen LogP contribution in [-0.2, 0) is 0 Å². The van der Waals surface area contributed by atoms with Gasteiger partial charge in [0.1, 0.15) is 17.3 Å². The highest BCUT2D eigenvalue weighted by atomic mass is 16.3. The number of aliphatic hydroxyl groups is 1. The molecule has 0 amide bonds. The van der Waals surface area contributed by atoms with Crippen LogP contribution in [0.25, 0.3) is 11.1 Å². The molecule has 2 aliphatic carbocycles. The van der Waals surface area contributed by atoms with E-state index in [-0.39, 0.29) is 28.6 Å². The van der Waals surface area contributed by atoms with Gasteiger partial charge in [-0.2, -0.15) is 0 Å². The van der Waals surface area contributed by atoms with E-state index >= 15 is 0 Å². The summed E-state index contributed by atoms with van der Waals surface area (Å²) in [5.41, 5.74) is 8.45. The van der Waals surface area contributed by atoms with Crippen LogP contribution in [0, 0.1) is 19.3 Å². The van der Waals surface area contributed by atoms with E-state index in [1.165, 1.54) is 5.56 Å². The highest BCUT2D eigenvalue weighted by molar-refractivity contribution is 5.87. The Morgan fingerprint density at radius 1 is 0.800 bits per heavy atom. The summed E-state index contributed by atoms with van der Waals surface area (Å²) in [5.74, 6) is 0.264. The molecule has 1 saturated carbocycles. The number of fused-ring (bicyclic) bond motifs is 1. The molecular weight excluding hydrogens is 432 g/mol. The fourth-order valence-electron chi connectivity index (χ4n) is 5.55. The highest BCUT2D eigenvalue weighted by Gasteiger charge is 2.44. The maximum Gasteiger partial charge on any atom is 0.127 e. The Bertz CT molecular complexity index is 1360. The van der Waals surface area contributed by atoms with Crippen LogP contribution in [0.4, 0.5) is 0 Å². The minimum absolute atomic E-state index is 0.134. The van der Waals surface area contributed by atoms with Gasteiger partial charge >= 0.3 is 0 Å². The van der Waals surface area contributed by atoms with Gasteiger partial charge in [0.2, 0.25) is 0 Å². The highest BCUT2D eigenvalue weighted by Crippen LogP contribution is 2.60. The van der Waals surface area contributed by atoms with Crippen LogP contribution in [0.5, 0.6) is 11.5 Å². The molecule has 3 nitrogen and oxygen atoms in total. The molecular formula is C32H34O3. The molecule has 3 heteroatoms. The van der Waals surface area contributed by atoms with E-state index in [2.05, 4.69) is 58.5 Å². The van der Waals surface area contributed by atoms with E-state index in [4.69, 9.17) is 0 Å². The first-order chi connectivity index (χ1) is 16.5. The second kappa shape index (κ2) is 8.05. The second-order valence-electron chi connectivity index (χ2n) is 11.2. The monoisotopic (exact) mass is 466 g/mol. The topological polar surface area (TPSA) is 60.7 Å². The molecule has 0 bridgehead atoms. The number of aromatic hydroxyl groups is 2. The molecule has 0 heterocycles. The van der Waals surface area contributed by atoms with Crippen molar-refractivity contribution in [1.29, 1.82) is 0 Å². The normalized spacial score (nSPS) is 17.6. The average Bonchev–Trinajstić information content (AvgIpc) is 3.58. The Hall–Kier alpha value is -3.46. The van der Waals surface area contributed by atoms with Gasteiger partial charge < -0.3 is 15.3 Å². The summed E-state index contributed by atoms with van der Waals surface area (Å²) in [5, 5.41) is 34.1. The molecule has 1 fully saturated rings. The van der Waals surface area contributed by atoms with Gasteiger partial charge in [-0.1, -0.05) is 81.4 Å². The van der Waals surface area contributed by atoms with Gasteiger partial charge in [0.05, 0.1) is 5.92 Å². The van der Waals surface area contributed by atoms with Gasteiger partial charge in [-0.05, 0) is 71.4 Å². The van der Waals surface area contributed by atoms with E-state index in [0.29, 0.717) is 5.56 Å². The summed E-state index contributed by atoms with van der Waals surface area (Å²) in [6.45, 7) is 14.4. The van der Waals surface area contributed by atoms with E-state index in [1.54, 1.807) is 0 Å². The number of allylic oxidation sites excluding steroid dienone is 2. The zero-order valence-corrected chi connectivity index (χ0v) is 21.2. The van der Waals surface area contributed by atoms with Crippen LogP contribution in [0.1, 0.15) is 90.0 Å². The third-order valence-corrected chi connectivity index (χ3v) is 7.56. The maximum atomic E-state index is 11.6. The average molecular weight is 467 g/mol. The Morgan fingerprint density at radius 2 is 1.34 bits per heavy atom. The summed E-state index contributed by atoms with van der Waals surface area (Å²) in [6, 6.07) is 16.4. The number of hydrogen-bond acceptors (Lipinski definition) is 3. The fraction of sp³-hybridized carbons (Fsp3) is 0.312. The molecule has 35 heavy (non-hydrogen) atoms. The summed E-state index contributed by atoms with van der Waals surface area (Å²) >= 11 is 0. The number of hydrogen-bond donors (Lipinski definition) is 3. The van der Waals surface area contributed by atoms with Crippen LogP contribution in [0.2, 0.25) is 0 Å². The second-order valence-corrected chi connectivity index (χ2v) is 11.2. The van der Waals surface area contributed by atoms with E-state index < -0.39 is 5.92 Å². The molecule has 2 aliphatic rings. The first-order valence-corrected chi connectivity index (χ1v) is 12.4. The molecule has 180 valence electrons. The van der Waals surface area contributed by atoms with E-state index in [0.717, 1.165) is 57.4 Å². The number of phenols is 2. The molecule has 0 radical (unpaired) electrons. The van der Waals surface area contributed by atoms with Gasteiger partial charge in [-0.3, -0.25) is 0 Å². The zero-order valence-electron chi connectivity index (χ0n) is 21.2. The van der Waals surface area contributed by atoms with Crippen molar-refractivity contribution in [3.63, 3.8) is 0 Å². The van der Waals surface area contributed by atoms with E-state index in [9.17, 15) is 15.3 Å². The molecule has 1 unspecified atom stereocenters. The van der Waals surface area contributed by atoms with Crippen LogP contribution >= 0.6 is 0 Å². The van der Waals surface area contributed by atoms with Crippen molar-refractivity contribution in [3.05, 3.63) is 105 Å². The summed E-state index contributed by atoms with van der Waals surface area (Å²) < 4.78 is 0. The van der Waals surface area contributed by atoms with Crippen molar-refractivity contribution in [2.45, 2.75) is 59.3 Å². The van der Waals surface area contributed by atoms with Crippen molar-refractivity contribution in [3.8, 4) is 11.5 Å². The molecule has 0 saturated heterocycles. The fourth-order valence-corrected chi connectivity index (χ4v) is 5.55. The lowest BCUT2D eigenvalue weighted by Crippen LogP contribution is -2.10. The number of aliphatic hydroxyl groups excluding tert-OH is 1. The third-order valence-electron chi connectivity index (χ3n) is 7.56. The third kappa shape index (κ3) is 3.74. The Morgan fingerprint density at radius 3 is 1.86 bits per heavy atom. The van der Waals surface area contributed by atoms with Crippen LogP contribution in [0.15, 0.2) is 60.9 Å². The largest absolute Gasteiger partial charge is 0.511 e.